The number of carbonyl (C=O) groups is 1. The summed E-state index contributed by atoms with van der Waals surface area (Å²) in [5.74, 6) is -0.270. The molecule has 6 nitrogen and oxygen atoms in total. The second-order valence-electron chi connectivity index (χ2n) is 6.33. The highest BCUT2D eigenvalue weighted by Crippen LogP contribution is 2.25. The molecule has 0 spiro atoms. The van der Waals surface area contributed by atoms with E-state index in [1.807, 2.05) is 33.7 Å². The van der Waals surface area contributed by atoms with Crippen LogP contribution in [0.4, 0.5) is 16.0 Å². The van der Waals surface area contributed by atoms with Crippen molar-refractivity contribution in [3.8, 4) is 0 Å². The molecule has 134 valence electrons. The average Bonchev–Trinajstić information content (AvgIpc) is 3.09. The number of benzene rings is 1. The highest BCUT2D eigenvalue weighted by atomic mass is 35.5. The summed E-state index contributed by atoms with van der Waals surface area (Å²) in [6, 6.07) is 9.81. The number of anilines is 2. The second kappa shape index (κ2) is 6.92. The number of hydrogen-bond acceptors (Lipinski definition) is 4. The zero-order chi connectivity index (χ0) is 18.1. The number of nitrogens with zero attached hydrogens (tertiary/aromatic N) is 4. The van der Waals surface area contributed by atoms with Crippen LogP contribution < -0.4 is 10.2 Å². The van der Waals surface area contributed by atoms with Gasteiger partial charge in [-0.25, -0.2) is 4.39 Å². The third-order valence-corrected chi connectivity index (χ3v) is 4.79. The van der Waals surface area contributed by atoms with Gasteiger partial charge in [-0.1, -0.05) is 17.7 Å². The molecule has 0 radical (unpaired) electrons. The molecular weight excluding hydrogens is 357 g/mol. The quantitative estimate of drug-likeness (QED) is 0.764. The third kappa shape index (κ3) is 3.22. The average molecular weight is 374 g/mol. The van der Waals surface area contributed by atoms with E-state index in [9.17, 15) is 9.18 Å². The lowest BCUT2D eigenvalue weighted by Crippen LogP contribution is -2.41. The van der Waals surface area contributed by atoms with Gasteiger partial charge in [0, 0.05) is 24.3 Å². The van der Waals surface area contributed by atoms with E-state index in [1.54, 1.807) is 0 Å². The molecule has 4 rings (SSSR count). The number of fused-ring (bicyclic) bond motifs is 1. The number of rotatable bonds is 3. The van der Waals surface area contributed by atoms with Gasteiger partial charge in [-0.15, -0.1) is 10.2 Å². The zero-order valence-electron chi connectivity index (χ0n) is 13.9. The van der Waals surface area contributed by atoms with Gasteiger partial charge < -0.3 is 10.2 Å². The van der Waals surface area contributed by atoms with Crippen LogP contribution in [0.3, 0.4) is 0 Å². The van der Waals surface area contributed by atoms with Crippen LogP contribution in [0, 0.1) is 11.7 Å². The Morgan fingerprint density at radius 2 is 2.15 bits per heavy atom. The first-order valence-corrected chi connectivity index (χ1v) is 8.80. The normalized spacial score (nSPS) is 17.5. The first-order valence-electron chi connectivity index (χ1n) is 8.42. The summed E-state index contributed by atoms with van der Waals surface area (Å²) >= 11 is 5.89. The Kier molecular flexibility index (Phi) is 4.46. The minimum Gasteiger partial charge on any atom is -0.340 e. The summed E-state index contributed by atoms with van der Waals surface area (Å²) in [7, 11) is 0. The topological polar surface area (TPSA) is 62.5 Å². The van der Waals surface area contributed by atoms with Gasteiger partial charge in [0.25, 0.3) is 0 Å². The van der Waals surface area contributed by atoms with E-state index >= 15 is 0 Å². The van der Waals surface area contributed by atoms with Crippen molar-refractivity contribution >= 4 is 34.8 Å². The van der Waals surface area contributed by atoms with E-state index in [0.29, 0.717) is 17.5 Å². The van der Waals surface area contributed by atoms with E-state index in [0.717, 1.165) is 25.0 Å². The summed E-state index contributed by atoms with van der Waals surface area (Å²) in [6.45, 7) is 1.30. The number of amides is 1. The van der Waals surface area contributed by atoms with Crippen LogP contribution in [0.1, 0.15) is 12.8 Å². The Morgan fingerprint density at radius 1 is 1.27 bits per heavy atom. The van der Waals surface area contributed by atoms with Crippen LogP contribution >= 0.6 is 11.6 Å². The Balaban J connectivity index is 1.51. The summed E-state index contributed by atoms with van der Waals surface area (Å²) in [5.41, 5.74) is 0.864. The molecule has 0 aliphatic carbocycles. The van der Waals surface area contributed by atoms with Gasteiger partial charge in [-0.2, -0.15) is 0 Å². The minimum absolute atomic E-state index is 0.104. The molecule has 2 aromatic heterocycles. The molecule has 1 aliphatic heterocycles. The minimum atomic E-state index is -0.501. The van der Waals surface area contributed by atoms with Gasteiger partial charge in [-0.3, -0.25) is 9.20 Å². The molecule has 1 atom stereocenters. The molecule has 3 aromatic rings. The molecule has 0 unspecified atom stereocenters. The van der Waals surface area contributed by atoms with Crippen LogP contribution in [0.25, 0.3) is 5.65 Å². The van der Waals surface area contributed by atoms with E-state index < -0.39 is 5.82 Å². The lowest BCUT2D eigenvalue weighted by atomic mass is 9.97. The van der Waals surface area contributed by atoms with Crippen LogP contribution in [-0.4, -0.2) is 33.6 Å². The number of hydrogen-bond donors (Lipinski definition) is 1. The molecule has 0 bridgehead atoms. The maximum absolute atomic E-state index is 13.9. The fourth-order valence-electron chi connectivity index (χ4n) is 3.25. The van der Waals surface area contributed by atoms with Crippen LogP contribution in [-0.2, 0) is 4.79 Å². The van der Waals surface area contributed by atoms with E-state index in [1.165, 1.54) is 18.2 Å². The number of nitrogens with one attached hydrogen (secondary N) is 1. The highest BCUT2D eigenvalue weighted by Gasteiger charge is 2.28. The largest absolute Gasteiger partial charge is 0.340 e. The molecule has 0 saturated carbocycles. The maximum Gasteiger partial charge on any atom is 0.231 e. The molecular formula is C18H17ClFN5O. The Morgan fingerprint density at radius 3 is 3.04 bits per heavy atom. The Bertz CT molecular complexity index is 960. The first-order chi connectivity index (χ1) is 12.6. The SMILES string of the molecule is O=C(Nc1cc(Cl)ccc1F)[C@@H]1CCCN(c2nnc3ccccn23)C1. The van der Waals surface area contributed by atoms with Gasteiger partial charge >= 0.3 is 0 Å². The van der Waals surface area contributed by atoms with Crippen molar-refractivity contribution in [2.45, 2.75) is 12.8 Å². The van der Waals surface area contributed by atoms with Crippen molar-refractivity contribution in [3.05, 3.63) is 53.4 Å². The third-order valence-electron chi connectivity index (χ3n) is 4.56. The molecule has 1 aromatic carbocycles. The van der Waals surface area contributed by atoms with Crippen molar-refractivity contribution in [3.63, 3.8) is 0 Å². The maximum atomic E-state index is 13.9. The van der Waals surface area contributed by atoms with Gasteiger partial charge in [0.05, 0.1) is 11.6 Å². The Labute approximate surface area is 154 Å². The zero-order valence-corrected chi connectivity index (χ0v) is 14.7. The van der Waals surface area contributed by atoms with Crippen molar-refractivity contribution < 1.29 is 9.18 Å². The highest BCUT2D eigenvalue weighted by molar-refractivity contribution is 6.30. The second-order valence-corrected chi connectivity index (χ2v) is 6.76. The smallest absolute Gasteiger partial charge is 0.231 e. The summed E-state index contributed by atoms with van der Waals surface area (Å²) < 4.78 is 15.8. The predicted molar refractivity (Wildman–Crippen MR) is 98.0 cm³/mol. The van der Waals surface area contributed by atoms with Crippen LogP contribution in [0.5, 0.6) is 0 Å². The predicted octanol–water partition coefficient (Wildman–Crippen LogP) is 3.38. The monoisotopic (exact) mass is 373 g/mol. The first kappa shape index (κ1) is 16.8. The van der Waals surface area contributed by atoms with Crippen LogP contribution in [0.15, 0.2) is 42.6 Å². The molecule has 1 aliphatic rings. The van der Waals surface area contributed by atoms with Crippen LogP contribution in [0.2, 0.25) is 5.02 Å². The number of piperidine rings is 1. The molecule has 1 amide bonds. The number of halogens is 2. The molecule has 8 heteroatoms. The van der Waals surface area contributed by atoms with Crippen molar-refractivity contribution in [2.75, 3.05) is 23.3 Å². The molecule has 3 heterocycles. The van der Waals surface area contributed by atoms with Gasteiger partial charge in [0.2, 0.25) is 11.9 Å². The lowest BCUT2D eigenvalue weighted by Gasteiger charge is -2.32. The number of pyridine rings is 1. The van der Waals surface area contributed by atoms with Crippen molar-refractivity contribution in [1.82, 2.24) is 14.6 Å². The summed E-state index contributed by atoms with van der Waals surface area (Å²) in [5, 5.41) is 11.4. The molecule has 1 N–H and O–H groups in total. The van der Waals surface area contributed by atoms with Gasteiger partial charge in [0.15, 0.2) is 5.65 Å². The number of aromatic nitrogens is 3. The fourth-order valence-corrected chi connectivity index (χ4v) is 3.42. The van der Waals surface area contributed by atoms with Crippen molar-refractivity contribution in [2.24, 2.45) is 5.92 Å². The molecule has 1 saturated heterocycles. The van der Waals surface area contributed by atoms with E-state index in [2.05, 4.69) is 15.5 Å². The van der Waals surface area contributed by atoms with Gasteiger partial charge in [0.1, 0.15) is 5.82 Å². The number of carbonyl (C=O) groups excluding carboxylic acids is 1. The Hall–Kier alpha value is -2.67. The van der Waals surface area contributed by atoms with E-state index in [-0.39, 0.29) is 17.5 Å². The van der Waals surface area contributed by atoms with Crippen molar-refractivity contribution in [1.29, 1.82) is 0 Å². The van der Waals surface area contributed by atoms with Gasteiger partial charge in [-0.05, 0) is 43.2 Å². The summed E-state index contributed by atoms with van der Waals surface area (Å²) in [4.78, 5) is 14.7. The van der Waals surface area contributed by atoms with E-state index in [4.69, 9.17) is 11.6 Å². The fraction of sp³-hybridized carbons (Fsp3) is 0.278. The molecule has 1 fully saturated rings. The standard InChI is InChI=1S/C18H17ClFN5O/c19-13-6-7-14(20)15(10-13)21-17(26)12-4-3-8-24(11-12)18-23-22-16-5-1-2-9-25(16)18/h1-2,5-7,9-10,12H,3-4,8,11H2,(H,21,26)/t12-/m1/s1. The lowest BCUT2D eigenvalue weighted by molar-refractivity contribution is -0.120. The molecule has 26 heavy (non-hydrogen) atoms. The summed E-state index contributed by atoms with van der Waals surface area (Å²) in [6.07, 6.45) is 3.48.